The minimum Gasteiger partial charge on any atom is -0.334 e. The van der Waals surface area contributed by atoms with Gasteiger partial charge in [-0.2, -0.15) is 5.10 Å². The summed E-state index contributed by atoms with van der Waals surface area (Å²) in [4.78, 5) is 21.0. The number of hydrogen-bond donors (Lipinski definition) is 1. The van der Waals surface area contributed by atoms with Crippen LogP contribution in [0.4, 0.5) is 5.69 Å². The van der Waals surface area contributed by atoms with Gasteiger partial charge in [0.25, 0.3) is 0 Å². The lowest BCUT2D eigenvalue weighted by molar-refractivity contribution is -0.119. The minimum atomic E-state index is -0.425. The van der Waals surface area contributed by atoms with E-state index in [9.17, 15) is 4.79 Å². The Morgan fingerprint density at radius 3 is 3.04 bits per heavy atom. The highest BCUT2D eigenvalue weighted by Gasteiger charge is 2.17. The van der Waals surface area contributed by atoms with Gasteiger partial charge in [0.1, 0.15) is 24.5 Å². The van der Waals surface area contributed by atoms with E-state index in [0.29, 0.717) is 0 Å². The number of aromatic nitrogens is 5. The first-order chi connectivity index (χ1) is 12.2. The molecule has 128 valence electrons. The molecule has 1 amide bonds. The monoisotopic (exact) mass is 336 g/mol. The highest BCUT2D eigenvalue weighted by atomic mass is 16.2. The predicted octanol–water partition coefficient (Wildman–Crippen LogP) is 2.68. The molecule has 2 aromatic heterocycles. The van der Waals surface area contributed by atoms with Gasteiger partial charge in [-0.05, 0) is 31.9 Å². The van der Waals surface area contributed by atoms with E-state index in [1.54, 1.807) is 6.92 Å². The number of hydrogen-bond acceptors (Lipinski definition) is 4. The van der Waals surface area contributed by atoms with Crippen LogP contribution in [0.1, 0.15) is 31.6 Å². The van der Waals surface area contributed by atoms with Crippen LogP contribution in [0.15, 0.2) is 43.1 Å². The number of aryl methyl sites for hydroxylation is 2. The fourth-order valence-corrected chi connectivity index (χ4v) is 3.09. The number of benzene rings is 1. The van der Waals surface area contributed by atoms with E-state index in [1.807, 2.05) is 24.3 Å². The maximum absolute atomic E-state index is 12.4. The maximum Gasteiger partial charge on any atom is 0.249 e. The average molecular weight is 336 g/mol. The molecule has 7 heteroatoms. The molecule has 0 radical (unpaired) electrons. The van der Waals surface area contributed by atoms with Crippen LogP contribution in [-0.4, -0.2) is 30.2 Å². The van der Waals surface area contributed by atoms with Crippen molar-refractivity contribution in [3.8, 4) is 11.3 Å². The van der Waals surface area contributed by atoms with Crippen molar-refractivity contribution in [2.75, 3.05) is 5.32 Å². The van der Waals surface area contributed by atoms with Gasteiger partial charge in [0.2, 0.25) is 5.91 Å². The molecule has 25 heavy (non-hydrogen) atoms. The second-order valence-corrected chi connectivity index (χ2v) is 6.31. The van der Waals surface area contributed by atoms with Crippen LogP contribution < -0.4 is 5.32 Å². The van der Waals surface area contributed by atoms with Crippen molar-refractivity contribution in [2.24, 2.45) is 0 Å². The van der Waals surface area contributed by atoms with Gasteiger partial charge in [-0.15, -0.1) is 0 Å². The van der Waals surface area contributed by atoms with E-state index in [1.165, 1.54) is 30.2 Å². The van der Waals surface area contributed by atoms with Crippen molar-refractivity contribution >= 4 is 11.6 Å². The third-order valence-electron chi connectivity index (χ3n) is 4.55. The van der Waals surface area contributed by atoms with Gasteiger partial charge < -0.3 is 9.88 Å². The Bertz CT molecular complexity index is 859. The summed E-state index contributed by atoms with van der Waals surface area (Å²) in [5.41, 5.74) is 2.71. The summed E-state index contributed by atoms with van der Waals surface area (Å²) >= 11 is 0. The Balaban J connectivity index is 1.53. The zero-order chi connectivity index (χ0) is 17.2. The number of carbonyl (C=O) groups excluding carboxylic acids is 1. The van der Waals surface area contributed by atoms with Gasteiger partial charge in [-0.3, -0.25) is 4.79 Å². The highest BCUT2D eigenvalue weighted by Crippen LogP contribution is 2.25. The lowest BCUT2D eigenvalue weighted by atomic mass is 10.1. The van der Waals surface area contributed by atoms with Crippen molar-refractivity contribution in [1.82, 2.24) is 24.3 Å². The lowest BCUT2D eigenvalue weighted by Gasteiger charge is -2.12. The largest absolute Gasteiger partial charge is 0.334 e. The Morgan fingerprint density at radius 1 is 1.32 bits per heavy atom. The van der Waals surface area contributed by atoms with E-state index in [4.69, 9.17) is 4.98 Å². The van der Waals surface area contributed by atoms with Gasteiger partial charge >= 0.3 is 0 Å². The SMILES string of the molecule is CC(C(=O)Nc1cccc(-c2cn3c(n2)CCCC3)c1)n1cncn1. The fourth-order valence-electron chi connectivity index (χ4n) is 3.09. The molecule has 0 bridgehead atoms. The second kappa shape index (κ2) is 6.51. The summed E-state index contributed by atoms with van der Waals surface area (Å²) in [6.07, 6.45) is 8.51. The summed E-state index contributed by atoms with van der Waals surface area (Å²) in [6, 6.07) is 7.37. The zero-order valence-electron chi connectivity index (χ0n) is 14.1. The Labute approximate surface area is 145 Å². The number of anilines is 1. The first-order valence-electron chi connectivity index (χ1n) is 8.52. The maximum atomic E-state index is 12.4. The summed E-state index contributed by atoms with van der Waals surface area (Å²) < 4.78 is 3.76. The van der Waals surface area contributed by atoms with Crippen LogP contribution >= 0.6 is 0 Å². The molecule has 0 aliphatic carbocycles. The number of imidazole rings is 1. The first kappa shape index (κ1) is 15.6. The molecular weight excluding hydrogens is 316 g/mol. The Kier molecular flexibility index (Phi) is 4.05. The van der Waals surface area contributed by atoms with E-state index in [0.717, 1.165) is 35.7 Å². The number of fused-ring (bicyclic) bond motifs is 1. The van der Waals surface area contributed by atoms with Gasteiger partial charge in [-0.1, -0.05) is 12.1 Å². The van der Waals surface area contributed by atoms with E-state index in [-0.39, 0.29) is 5.91 Å². The Morgan fingerprint density at radius 2 is 2.24 bits per heavy atom. The standard InChI is InChI=1S/C18H20N6O/c1-13(24-12-19-11-20-24)18(25)21-15-6-4-5-14(9-15)16-10-23-8-3-2-7-17(23)22-16/h4-6,9-13H,2-3,7-8H2,1H3,(H,21,25). The molecule has 0 spiro atoms. The smallest absolute Gasteiger partial charge is 0.249 e. The number of rotatable bonds is 4. The molecule has 1 N–H and O–H groups in total. The second-order valence-electron chi connectivity index (χ2n) is 6.31. The van der Waals surface area contributed by atoms with Crippen molar-refractivity contribution in [3.63, 3.8) is 0 Å². The van der Waals surface area contributed by atoms with Crippen LogP contribution in [0.3, 0.4) is 0 Å². The third kappa shape index (κ3) is 3.17. The normalized spacial score (nSPS) is 14.8. The molecule has 1 aliphatic heterocycles. The van der Waals surface area contributed by atoms with Gasteiger partial charge in [0.05, 0.1) is 5.69 Å². The predicted molar refractivity (Wildman–Crippen MR) is 94.0 cm³/mol. The van der Waals surface area contributed by atoms with Gasteiger partial charge in [0.15, 0.2) is 0 Å². The van der Waals surface area contributed by atoms with Crippen molar-refractivity contribution in [1.29, 1.82) is 0 Å². The third-order valence-corrected chi connectivity index (χ3v) is 4.55. The summed E-state index contributed by atoms with van der Waals surface area (Å²) in [5, 5.41) is 6.95. The quantitative estimate of drug-likeness (QED) is 0.794. The van der Waals surface area contributed by atoms with E-state index >= 15 is 0 Å². The molecule has 7 nitrogen and oxygen atoms in total. The fraction of sp³-hybridized carbons (Fsp3) is 0.333. The van der Waals surface area contributed by atoms with Crippen LogP contribution in [0.2, 0.25) is 0 Å². The summed E-state index contributed by atoms with van der Waals surface area (Å²) in [7, 11) is 0. The molecule has 1 atom stereocenters. The number of carbonyl (C=O) groups is 1. The van der Waals surface area contributed by atoms with Gasteiger partial charge in [-0.25, -0.2) is 14.6 Å². The summed E-state index contributed by atoms with van der Waals surface area (Å²) in [5.74, 6) is 1.02. The molecule has 1 unspecified atom stereocenters. The van der Waals surface area contributed by atoms with Gasteiger partial charge in [0, 0.05) is 30.4 Å². The minimum absolute atomic E-state index is 0.133. The molecule has 3 aromatic rings. The summed E-state index contributed by atoms with van der Waals surface area (Å²) in [6.45, 7) is 2.82. The van der Waals surface area contributed by atoms with Crippen molar-refractivity contribution < 1.29 is 4.79 Å². The molecule has 0 saturated carbocycles. The van der Waals surface area contributed by atoms with Crippen molar-refractivity contribution in [2.45, 2.75) is 38.8 Å². The van der Waals surface area contributed by atoms with Crippen molar-refractivity contribution in [3.05, 3.63) is 48.9 Å². The number of amides is 1. The number of nitrogens with zero attached hydrogens (tertiary/aromatic N) is 5. The zero-order valence-corrected chi connectivity index (χ0v) is 14.1. The molecule has 0 saturated heterocycles. The Hall–Kier alpha value is -2.96. The lowest BCUT2D eigenvalue weighted by Crippen LogP contribution is -2.24. The number of nitrogens with one attached hydrogen (secondary N) is 1. The molecular formula is C18H20N6O. The first-order valence-corrected chi connectivity index (χ1v) is 8.52. The molecule has 4 rings (SSSR count). The van der Waals surface area contributed by atoms with Crippen LogP contribution in [-0.2, 0) is 17.8 Å². The topological polar surface area (TPSA) is 77.6 Å². The molecule has 3 heterocycles. The van der Waals surface area contributed by atoms with E-state index in [2.05, 4.69) is 26.2 Å². The van der Waals surface area contributed by atoms with Crippen LogP contribution in [0.25, 0.3) is 11.3 Å². The average Bonchev–Trinajstić information content (AvgIpc) is 3.30. The van der Waals surface area contributed by atoms with E-state index < -0.39 is 6.04 Å². The van der Waals surface area contributed by atoms with Crippen LogP contribution in [0.5, 0.6) is 0 Å². The highest BCUT2D eigenvalue weighted by molar-refractivity contribution is 5.93. The molecule has 1 aliphatic rings. The van der Waals surface area contributed by atoms with Crippen LogP contribution in [0, 0.1) is 0 Å². The molecule has 0 fully saturated rings. The molecule has 1 aromatic carbocycles.